The Balaban J connectivity index is 2.27. The maximum Gasteiger partial charge on any atom is 0.305 e. The third-order valence-corrected chi connectivity index (χ3v) is 3.45. The van der Waals surface area contributed by atoms with Crippen LogP contribution in [0.5, 0.6) is 0 Å². The van der Waals surface area contributed by atoms with Crippen LogP contribution in [0.3, 0.4) is 0 Å². The summed E-state index contributed by atoms with van der Waals surface area (Å²) in [5.74, 6) is -1.78. The van der Waals surface area contributed by atoms with E-state index in [-0.39, 0.29) is 36.8 Å². The molecule has 0 spiro atoms. The molecule has 1 fully saturated rings. The predicted molar refractivity (Wildman–Crippen MR) is 71.6 cm³/mol. The number of nitro groups is 1. The van der Waals surface area contributed by atoms with E-state index < -0.39 is 21.8 Å². The van der Waals surface area contributed by atoms with Crippen LogP contribution in [0, 0.1) is 21.3 Å². The molecule has 0 aliphatic carbocycles. The Labute approximate surface area is 120 Å². The van der Waals surface area contributed by atoms with Gasteiger partial charge in [-0.15, -0.1) is 0 Å². The molecule has 1 aromatic rings. The van der Waals surface area contributed by atoms with Crippen LogP contribution in [-0.4, -0.2) is 21.6 Å². The molecule has 112 valence electrons. The Morgan fingerprint density at radius 3 is 2.38 bits per heavy atom. The standard InChI is InChI=1S/C14H15FN2O4/c1-14(2)6-11(18)16(12(19)7-14)8-9-4-3-5-10(13(9)15)17(20)21/h3-5H,6-8H2,1-2H3. The van der Waals surface area contributed by atoms with E-state index in [1.165, 1.54) is 12.1 Å². The van der Waals surface area contributed by atoms with Crippen molar-refractivity contribution >= 4 is 17.5 Å². The molecule has 1 aromatic carbocycles. The number of carbonyl (C=O) groups is 2. The molecule has 2 rings (SSSR count). The molecule has 0 unspecified atom stereocenters. The van der Waals surface area contributed by atoms with E-state index in [0.29, 0.717) is 0 Å². The van der Waals surface area contributed by atoms with E-state index in [2.05, 4.69) is 0 Å². The lowest BCUT2D eigenvalue weighted by Crippen LogP contribution is -2.45. The molecule has 1 aliphatic rings. The SMILES string of the molecule is CC1(C)CC(=O)N(Cc2cccc([N+](=O)[O-])c2F)C(=O)C1. The van der Waals surface area contributed by atoms with Crippen LogP contribution in [-0.2, 0) is 16.1 Å². The summed E-state index contributed by atoms with van der Waals surface area (Å²) in [4.78, 5) is 34.8. The summed E-state index contributed by atoms with van der Waals surface area (Å²) in [5.41, 5.74) is -1.11. The number of piperidine rings is 1. The monoisotopic (exact) mass is 294 g/mol. The second-order valence-corrected chi connectivity index (χ2v) is 5.90. The van der Waals surface area contributed by atoms with E-state index in [1.807, 2.05) is 13.8 Å². The summed E-state index contributed by atoms with van der Waals surface area (Å²) in [6, 6.07) is 3.71. The van der Waals surface area contributed by atoms with Crippen LogP contribution in [0.25, 0.3) is 0 Å². The number of imide groups is 1. The van der Waals surface area contributed by atoms with Gasteiger partial charge in [-0.1, -0.05) is 26.0 Å². The average molecular weight is 294 g/mol. The number of hydrogen-bond acceptors (Lipinski definition) is 4. The minimum atomic E-state index is -1.01. The molecular weight excluding hydrogens is 279 g/mol. The molecule has 1 heterocycles. The third-order valence-electron chi connectivity index (χ3n) is 3.45. The van der Waals surface area contributed by atoms with Gasteiger partial charge in [0.2, 0.25) is 17.6 Å². The zero-order chi connectivity index (χ0) is 15.8. The number of likely N-dealkylation sites (tertiary alicyclic amines) is 1. The van der Waals surface area contributed by atoms with Gasteiger partial charge in [0.1, 0.15) is 0 Å². The van der Waals surface area contributed by atoms with Crippen molar-refractivity contribution in [1.29, 1.82) is 0 Å². The van der Waals surface area contributed by atoms with Gasteiger partial charge in [-0.25, -0.2) is 0 Å². The number of hydrogen-bond donors (Lipinski definition) is 0. The van der Waals surface area contributed by atoms with E-state index in [0.717, 1.165) is 11.0 Å². The quantitative estimate of drug-likeness (QED) is 0.487. The molecule has 6 nitrogen and oxygen atoms in total. The van der Waals surface area contributed by atoms with E-state index >= 15 is 0 Å². The smallest absolute Gasteiger partial charge is 0.278 e. The molecule has 7 heteroatoms. The summed E-state index contributed by atoms with van der Waals surface area (Å²) in [6.45, 7) is 3.35. The van der Waals surface area contributed by atoms with Crippen LogP contribution in [0.15, 0.2) is 18.2 Å². The van der Waals surface area contributed by atoms with Gasteiger partial charge in [0.15, 0.2) is 0 Å². The van der Waals surface area contributed by atoms with Gasteiger partial charge < -0.3 is 0 Å². The fraction of sp³-hybridized carbons (Fsp3) is 0.429. The van der Waals surface area contributed by atoms with Crippen LogP contribution < -0.4 is 0 Å². The summed E-state index contributed by atoms with van der Waals surface area (Å²) in [5, 5.41) is 10.7. The molecule has 21 heavy (non-hydrogen) atoms. The summed E-state index contributed by atoms with van der Waals surface area (Å²) < 4.78 is 14.0. The Hall–Kier alpha value is -2.31. The minimum absolute atomic E-state index is 0.0365. The van der Waals surface area contributed by atoms with Crippen molar-refractivity contribution < 1.29 is 18.9 Å². The highest BCUT2D eigenvalue weighted by Gasteiger charge is 2.37. The summed E-state index contributed by atoms with van der Waals surface area (Å²) in [6.07, 6.45) is 0.380. The van der Waals surface area contributed by atoms with Crippen molar-refractivity contribution in [3.05, 3.63) is 39.7 Å². The van der Waals surface area contributed by atoms with Crippen molar-refractivity contribution in [2.45, 2.75) is 33.2 Å². The van der Waals surface area contributed by atoms with E-state index in [4.69, 9.17) is 0 Å². The van der Waals surface area contributed by atoms with Gasteiger partial charge in [0, 0.05) is 24.5 Å². The fourth-order valence-electron chi connectivity index (χ4n) is 2.39. The second kappa shape index (κ2) is 5.23. The second-order valence-electron chi connectivity index (χ2n) is 5.90. The molecule has 1 aliphatic heterocycles. The zero-order valence-corrected chi connectivity index (χ0v) is 11.8. The summed E-state index contributed by atoms with van der Waals surface area (Å²) in [7, 11) is 0. The van der Waals surface area contributed by atoms with E-state index in [1.54, 1.807) is 0 Å². The number of nitrogens with zero attached hydrogens (tertiary/aromatic N) is 2. The number of nitro benzene ring substituents is 1. The number of carbonyl (C=O) groups excluding carboxylic acids is 2. The van der Waals surface area contributed by atoms with Crippen molar-refractivity contribution in [3.63, 3.8) is 0 Å². The van der Waals surface area contributed by atoms with Crippen molar-refractivity contribution in [2.75, 3.05) is 0 Å². The van der Waals surface area contributed by atoms with Gasteiger partial charge in [-0.05, 0) is 5.41 Å². The van der Waals surface area contributed by atoms with Gasteiger partial charge in [-0.3, -0.25) is 24.6 Å². The molecule has 0 N–H and O–H groups in total. The molecular formula is C14H15FN2O4. The lowest BCUT2D eigenvalue weighted by Gasteiger charge is -2.34. The lowest BCUT2D eigenvalue weighted by molar-refractivity contribution is -0.387. The first-order chi connectivity index (χ1) is 9.71. The van der Waals surface area contributed by atoms with Gasteiger partial charge >= 0.3 is 5.69 Å². The van der Waals surface area contributed by atoms with Crippen molar-refractivity contribution in [2.24, 2.45) is 5.41 Å². The fourth-order valence-corrected chi connectivity index (χ4v) is 2.39. The number of benzene rings is 1. The van der Waals surface area contributed by atoms with Gasteiger partial charge in [0.05, 0.1) is 11.5 Å². The average Bonchev–Trinajstić information content (AvgIpc) is 2.34. The Morgan fingerprint density at radius 2 is 1.86 bits per heavy atom. The Kier molecular flexibility index (Phi) is 3.76. The maximum atomic E-state index is 14.0. The summed E-state index contributed by atoms with van der Waals surface area (Å²) >= 11 is 0. The largest absolute Gasteiger partial charge is 0.305 e. The molecule has 0 saturated carbocycles. The first kappa shape index (κ1) is 15.1. The number of amides is 2. The van der Waals surface area contributed by atoms with Crippen LogP contribution in [0.2, 0.25) is 0 Å². The van der Waals surface area contributed by atoms with Crippen LogP contribution in [0.1, 0.15) is 32.3 Å². The third kappa shape index (κ3) is 3.07. The molecule has 1 saturated heterocycles. The van der Waals surface area contributed by atoms with Crippen LogP contribution >= 0.6 is 0 Å². The van der Waals surface area contributed by atoms with E-state index in [9.17, 15) is 24.1 Å². The highest BCUT2D eigenvalue weighted by molar-refractivity contribution is 5.98. The molecule has 2 amide bonds. The topological polar surface area (TPSA) is 80.5 Å². The van der Waals surface area contributed by atoms with Crippen molar-refractivity contribution in [3.8, 4) is 0 Å². The maximum absolute atomic E-state index is 14.0. The Bertz CT molecular complexity index is 607. The highest BCUT2D eigenvalue weighted by Crippen LogP contribution is 2.32. The lowest BCUT2D eigenvalue weighted by atomic mass is 9.81. The number of halogens is 1. The number of rotatable bonds is 3. The first-order valence-corrected chi connectivity index (χ1v) is 6.46. The van der Waals surface area contributed by atoms with Crippen molar-refractivity contribution in [1.82, 2.24) is 4.90 Å². The molecule has 0 aromatic heterocycles. The first-order valence-electron chi connectivity index (χ1n) is 6.46. The molecule has 0 atom stereocenters. The molecule has 0 bridgehead atoms. The van der Waals surface area contributed by atoms with Gasteiger partial charge in [0.25, 0.3) is 0 Å². The highest BCUT2D eigenvalue weighted by atomic mass is 19.1. The Morgan fingerprint density at radius 1 is 1.29 bits per heavy atom. The zero-order valence-electron chi connectivity index (χ0n) is 11.8. The van der Waals surface area contributed by atoms with Crippen LogP contribution in [0.4, 0.5) is 10.1 Å². The predicted octanol–water partition coefficient (Wildman–Crippen LogP) is 2.41. The van der Waals surface area contributed by atoms with Gasteiger partial charge in [-0.2, -0.15) is 4.39 Å². The molecule has 0 radical (unpaired) electrons. The minimum Gasteiger partial charge on any atom is -0.278 e. The normalized spacial score (nSPS) is 18.0.